The monoisotopic (exact) mass is 482 g/mol. The summed E-state index contributed by atoms with van der Waals surface area (Å²) in [7, 11) is 0. The Balaban J connectivity index is 1.56. The van der Waals surface area contributed by atoms with E-state index in [0.29, 0.717) is 43.3 Å². The van der Waals surface area contributed by atoms with Crippen molar-refractivity contribution >= 4 is 41.2 Å². The number of carbonyl (C=O) groups excluding carboxylic acids is 3. The molecule has 182 valence electrons. The van der Waals surface area contributed by atoms with E-state index in [2.05, 4.69) is 5.32 Å². The van der Waals surface area contributed by atoms with E-state index in [4.69, 9.17) is 9.47 Å². The van der Waals surface area contributed by atoms with E-state index in [-0.39, 0.29) is 19.0 Å². The molecule has 2 aliphatic heterocycles. The number of thioether (sulfide) groups is 1. The Hall–Kier alpha value is -2.69. The van der Waals surface area contributed by atoms with Gasteiger partial charge >= 0.3 is 12.2 Å². The van der Waals surface area contributed by atoms with Crippen LogP contribution < -0.4 is 15.1 Å². The summed E-state index contributed by atoms with van der Waals surface area (Å²) in [6.45, 7) is 7.73. The number of alkyl carbamates (subject to hydrolysis) is 1. The number of amides is 3. The maximum atomic E-state index is 14.9. The van der Waals surface area contributed by atoms with Crippen LogP contribution in [0.4, 0.5) is 25.4 Å². The van der Waals surface area contributed by atoms with Crippen molar-refractivity contribution in [3.05, 3.63) is 24.0 Å². The molecule has 1 atom stereocenters. The molecule has 2 heterocycles. The van der Waals surface area contributed by atoms with Crippen LogP contribution in [0.5, 0.6) is 0 Å². The normalized spacial score (nSPS) is 18.9. The van der Waals surface area contributed by atoms with E-state index in [1.807, 2.05) is 11.2 Å². The molecule has 2 aliphatic rings. The predicted octanol–water partition coefficient (Wildman–Crippen LogP) is 2.69. The number of anilines is 2. The highest BCUT2D eigenvalue weighted by atomic mass is 32.2. The van der Waals surface area contributed by atoms with Crippen molar-refractivity contribution in [2.24, 2.45) is 0 Å². The van der Waals surface area contributed by atoms with Gasteiger partial charge in [0, 0.05) is 26.2 Å². The van der Waals surface area contributed by atoms with Crippen LogP contribution in [0.15, 0.2) is 18.2 Å². The molecule has 0 aromatic heterocycles. The molecule has 2 saturated heterocycles. The first kappa shape index (κ1) is 24.9. The van der Waals surface area contributed by atoms with Crippen LogP contribution in [0.1, 0.15) is 20.8 Å². The maximum Gasteiger partial charge on any atom is 0.414 e. The van der Waals surface area contributed by atoms with E-state index in [1.54, 1.807) is 37.8 Å². The Morgan fingerprint density at radius 3 is 2.55 bits per heavy atom. The lowest BCUT2D eigenvalue weighted by Crippen LogP contribution is -2.49. The number of hydrogen-bond acceptors (Lipinski definition) is 7. The number of nitrogens with one attached hydrogen (secondary N) is 1. The van der Waals surface area contributed by atoms with E-state index < -0.39 is 29.7 Å². The van der Waals surface area contributed by atoms with E-state index >= 15 is 0 Å². The first-order valence-electron chi connectivity index (χ1n) is 10.8. The highest BCUT2D eigenvalue weighted by Crippen LogP contribution is 2.28. The van der Waals surface area contributed by atoms with Crippen LogP contribution in [0, 0.1) is 5.82 Å². The molecule has 2 fully saturated rings. The number of halogens is 1. The lowest BCUT2D eigenvalue weighted by Gasteiger charge is -2.36. The number of piperazine rings is 1. The van der Waals surface area contributed by atoms with E-state index in [9.17, 15) is 18.8 Å². The number of carbonyl (C=O) groups is 3. The standard InChI is InChI=1S/C22H31FN4O5S/c1-22(2,3)32-20(29)24-12-16-13-27(21(30)31-16)15-5-6-18(17(23)11-15)25-7-9-26(10-8-25)19(28)14-33-4/h5-6,11,16H,7-10,12-14H2,1-4H3,(H,24,29)/t16-/m0/s1. The molecule has 3 amide bonds. The Bertz CT molecular complexity index is 886. The molecule has 1 N–H and O–H groups in total. The number of hydrogen-bond donors (Lipinski definition) is 1. The molecule has 33 heavy (non-hydrogen) atoms. The van der Waals surface area contributed by atoms with Crippen LogP contribution in [0.3, 0.4) is 0 Å². The quantitative estimate of drug-likeness (QED) is 0.667. The SMILES string of the molecule is CSCC(=O)N1CCN(c2ccc(N3C[C@H](CNC(=O)OC(C)(C)C)OC3=O)cc2F)CC1. The molecule has 0 spiro atoms. The van der Waals surface area contributed by atoms with Crippen molar-refractivity contribution in [2.45, 2.75) is 32.5 Å². The van der Waals surface area contributed by atoms with Crippen molar-refractivity contribution in [1.82, 2.24) is 10.2 Å². The zero-order valence-corrected chi connectivity index (χ0v) is 20.2. The minimum atomic E-state index is -0.626. The molecule has 0 unspecified atom stereocenters. The second-order valence-electron chi connectivity index (χ2n) is 8.94. The fourth-order valence-corrected chi connectivity index (χ4v) is 4.11. The van der Waals surface area contributed by atoms with Crippen molar-refractivity contribution in [2.75, 3.05) is 61.1 Å². The van der Waals surface area contributed by atoms with Crippen LogP contribution in [0.2, 0.25) is 0 Å². The predicted molar refractivity (Wildman–Crippen MR) is 125 cm³/mol. The molecule has 1 aromatic rings. The molecule has 0 radical (unpaired) electrons. The van der Waals surface area contributed by atoms with Gasteiger partial charge in [-0.25, -0.2) is 14.0 Å². The molecular weight excluding hydrogens is 451 g/mol. The average molecular weight is 483 g/mol. The second-order valence-corrected chi connectivity index (χ2v) is 9.80. The Kier molecular flexibility index (Phi) is 7.93. The van der Waals surface area contributed by atoms with Gasteiger partial charge in [-0.1, -0.05) is 0 Å². The lowest BCUT2D eigenvalue weighted by atomic mass is 10.2. The summed E-state index contributed by atoms with van der Waals surface area (Å²) in [5, 5.41) is 2.58. The zero-order valence-electron chi connectivity index (χ0n) is 19.4. The van der Waals surface area contributed by atoms with Gasteiger partial charge < -0.3 is 24.6 Å². The number of nitrogens with zero attached hydrogens (tertiary/aromatic N) is 3. The van der Waals surface area contributed by atoms with Crippen LogP contribution in [-0.4, -0.2) is 86.0 Å². The summed E-state index contributed by atoms with van der Waals surface area (Å²) in [4.78, 5) is 41.2. The van der Waals surface area contributed by atoms with Gasteiger partial charge in [0.05, 0.1) is 30.2 Å². The minimum absolute atomic E-state index is 0.0945. The van der Waals surface area contributed by atoms with Gasteiger partial charge in [-0.3, -0.25) is 9.69 Å². The van der Waals surface area contributed by atoms with E-state index in [1.165, 1.54) is 22.7 Å². The maximum absolute atomic E-state index is 14.9. The minimum Gasteiger partial charge on any atom is -0.444 e. The van der Waals surface area contributed by atoms with Crippen molar-refractivity contribution in [1.29, 1.82) is 0 Å². The Morgan fingerprint density at radius 2 is 1.94 bits per heavy atom. The summed E-state index contributed by atoms with van der Waals surface area (Å²) in [5.41, 5.74) is 0.194. The summed E-state index contributed by atoms with van der Waals surface area (Å²) in [5.74, 6) is 0.101. The van der Waals surface area contributed by atoms with Gasteiger partial charge in [0.1, 0.15) is 17.5 Å². The smallest absolute Gasteiger partial charge is 0.414 e. The topological polar surface area (TPSA) is 91.4 Å². The van der Waals surface area contributed by atoms with Gasteiger partial charge in [-0.2, -0.15) is 11.8 Å². The van der Waals surface area contributed by atoms with Crippen molar-refractivity contribution < 1.29 is 28.2 Å². The fourth-order valence-electron chi connectivity index (χ4n) is 3.68. The number of rotatable bonds is 6. The molecule has 9 nitrogen and oxygen atoms in total. The molecule has 11 heteroatoms. The van der Waals surface area contributed by atoms with Gasteiger partial charge in [0.25, 0.3) is 0 Å². The number of ether oxygens (including phenoxy) is 2. The lowest BCUT2D eigenvalue weighted by molar-refractivity contribution is -0.128. The van der Waals surface area contributed by atoms with Gasteiger partial charge in [-0.05, 0) is 45.2 Å². The van der Waals surface area contributed by atoms with E-state index in [0.717, 1.165) is 0 Å². The highest BCUT2D eigenvalue weighted by Gasteiger charge is 2.33. The van der Waals surface area contributed by atoms with Gasteiger partial charge in [0.15, 0.2) is 0 Å². The van der Waals surface area contributed by atoms with Crippen LogP contribution in [-0.2, 0) is 14.3 Å². The number of benzene rings is 1. The highest BCUT2D eigenvalue weighted by molar-refractivity contribution is 7.99. The Labute approximate surface area is 197 Å². The third-order valence-electron chi connectivity index (χ3n) is 5.23. The first-order valence-corrected chi connectivity index (χ1v) is 12.2. The molecule has 1 aromatic carbocycles. The molecule has 0 saturated carbocycles. The molecular formula is C22H31FN4O5S. The Morgan fingerprint density at radius 1 is 1.24 bits per heavy atom. The largest absolute Gasteiger partial charge is 0.444 e. The fraction of sp³-hybridized carbons (Fsp3) is 0.591. The second kappa shape index (κ2) is 10.5. The summed E-state index contributed by atoms with van der Waals surface area (Å²) in [6, 6.07) is 4.63. The molecule has 3 rings (SSSR count). The third-order valence-corrected chi connectivity index (χ3v) is 5.77. The van der Waals surface area contributed by atoms with Gasteiger partial charge in [-0.15, -0.1) is 0 Å². The average Bonchev–Trinajstić information content (AvgIpc) is 3.12. The first-order chi connectivity index (χ1) is 15.6. The molecule has 0 aliphatic carbocycles. The van der Waals surface area contributed by atoms with Crippen molar-refractivity contribution in [3.8, 4) is 0 Å². The molecule has 0 bridgehead atoms. The van der Waals surface area contributed by atoms with Crippen molar-refractivity contribution in [3.63, 3.8) is 0 Å². The summed E-state index contributed by atoms with van der Waals surface area (Å²) in [6.07, 6.45) is 0.127. The van der Waals surface area contributed by atoms with Crippen LogP contribution in [0.25, 0.3) is 0 Å². The number of cyclic esters (lactones) is 1. The zero-order chi connectivity index (χ0) is 24.2. The third kappa shape index (κ3) is 6.66. The van der Waals surface area contributed by atoms with Gasteiger partial charge in [0.2, 0.25) is 5.91 Å². The van der Waals surface area contributed by atoms with Crippen LogP contribution >= 0.6 is 11.8 Å². The summed E-state index contributed by atoms with van der Waals surface area (Å²) < 4.78 is 25.4. The summed E-state index contributed by atoms with van der Waals surface area (Å²) >= 11 is 1.49.